The topological polar surface area (TPSA) is 96.7 Å². The summed E-state index contributed by atoms with van der Waals surface area (Å²) in [6.07, 6.45) is 0. The molecular formula is C20H22N2O5S. The summed E-state index contributed by atoms with van der Waals surface area (Å²) in [4.78, 5) is 12.3. The molecule has 0 heterocycles. The summed E-state index contributed by atoms with van der Waals surface area (Å²) in [5, 5.41) is 8.75. The summed E-state index contributed by atoms with van der Waals surface area (Å²) < 4.78 is 37.0. The van der Waals surface area contributed by atoms with Crippen LogP contribution in [0.3, 0.4) is 0 Å². The number of carbonyl (C=O) groups excluding carboxylic acids is 1. The Balaban J connectivity index is 1.94. The molecule has 2 aromatic rings. The first-order valence-corrected chi connectivity index (χ1v) is 10.3. The van der Waals surface area contributed by atoms with Crippen LogP contribution < -0.4 is 4.74 Å². The first-order valence-electron chi connectivity index (χ1n) is 8.82. The Morgan fingerprint density at radius 3 is 2.36 bits per heavy atom. The van der Waals surface area contributed by atoms with E-state index in [0.29, 0.717) is 24.4 Å². The smallest absolute Gasteiger partial charge is 0.338 e. The van der Waals surface area contributed by atoms with Gasteiger partial charge in [0.15, 0.2) is 0 Å². The lowest BCUT2D eigenvalue weighted by Crippen LogP contribution is -2.30. The molecule has 0 unspecified atom stereocenters. The summed E-state index contributed by atoms with van der Waals surface area (Å²) in [5.74, 6) is -0.0672. The molecule has 0 saturated carbocycles. The molecule has 0 aliphatic carbocycles. The van der Waals surface area contributed by atoms with Gasteiger partial charge in [0, 0.05) is 13.1 Å². The number of esters is 1. The molecule has 0 spiro atoms. The van der Waals surface area contributed by atoms with Gasteiger partial charge in [-0.3, -0.25) is 0 Å². The van der Waals surface area contributed by atoms with Crippen LogP contribution in [0.5, 0.6) is 5.75 Å². The molecule has 2 aromatic carbocycles. The van der Waals surface area contributed by atoms with Crippen molar-refractivity contribution in [3.05, 3.63) is 59.7 Å². The van der Waals surface area contributed by atoms with Crippen molar-refractivity contribution < 1.29 is 22.7 Å². The Labute approximate surface area is 165 Å². The maximum atomic E-state index is 12.6. The molecule has 0 aliphatic heterocycles. The number of nitriles is 1. The van der Waals surface area contributed by atoms with Crippen molar-refractivity contribution in [1.29, 1.82) is 5.26 Å². The van der Waals surface area contributed by atoms with Crippen LogP contribution in [0.4, 0.5) is 0 Å². The number of hydrogen-bond acceptors (Lipinski definition) is 6. The molecule has 0 aliphatic rings. The number of benzene rings is 2. The molecule has 0 aromatic heterocycles. The summed E-state index contributed by atoms with van der Waals surface area (Å²) in [7, 11) is -3.65. The van der Waals surface area contributed by atoms with Crippen molar-refractivity contribution in [3.8, 4) is 11.8 Å². The van der Waals surface area contributed by atoms with Gasteiger partial charge in [-0.15, -0.1) is 0 Å². The lowest BCUT2D eigenvalue weighted by Gasteiger charge is -2.18. The second-order valence-electron chi connectivity index (χ2n) is 5.74. The normalized spacial score (nSPS) is 11.1. The Morgan fingerprint density at radius 1 is 1.07 bits per heavy atom. The van der Waals surface area contributed by atoms with Gasteiger partial charge in [-0.05, 0) is 42.5 Å². The van der Waals surface area contributed by atoms with Gasteiger partial charge in [0.1, 0.15) is 19.0 Å². The number of carbonyl (C=O) groups is 1. The molecule has 0 saturated heterocycles. The van der Waals surface area contributed by atoms with Crippen molar-refractivity contribution in [1.82, 2.24) is 4.31 Å². The van der Waals surface area contributed by atoms with Gasteiger partial charge in [-0.25, -0.2) is 13.2 Å². The van der Waals surface area contributed by atoms with Gasteiger partial charge in [0.2, 0.25) is 10.0 Å². The summed E-state index contributed by atoms with van der Waals surface area (Å²) in [5.41, 5.74) is 0.685. The zero-order valence-electron chi connectivity index (χ0n) is 15.8. The van der Waals surface area contributed by atoms with Gasteiger partial charge in [0.05, 0.1) is 22.1 Å². The number of ether oxygens (including phenoxy) is 2. The highest BCUT2D eigenvalue weighted by Crippen LogP contribution is 2.17. The fourth-order valence-electron chi connectivity index (χ4n) is 2.50. The summed E-state index contributed by atoms with van der Waals surface area (Å²) in [6.45, 7) is 4.35. The number of rotatable bonds is 9. The lowest BCUT2D eigenvalue weighted by atomic mass is 10.2. The number of hydrogen-bond donors (Lipinski definition) is 0. The van der Waals surface area contributed by atoms with Gasteiger partial charge < -0.3 is 9.47 Å². The fourth-order valence-corrected chi connectivity index (χ4v) is 4.00. The fraction of sp³-hybridized carbons (Fsp3) is 0.300. The van der Waals surface area contributed by atoms with E-state index in [1.165, 1.54) is 28.6 Å². The zero-order valence-corrected chi connectivity index (χ0v) is 16.6. The van der Waals surface area contributed by atoms with Gasteiger partial charge in [0.25, 0.3) is 0 Å². The van der Waals surface area contributed by atoms with Crippen LogP contribution in [0, 0.1) is 11.3 Å². The molecule has 0 bridgehead atoms. The average Bonchev–Trinajstić information content (AvgIpc) is 2.72. The predicted molar refractivity (Wildman–Crippen MR) is 103 cm³/mol. The highest BCUT2D eigenvalue weighted by molar-refractivity contribution is 7.89. The largest absolute Gasteiger partial charge is 0.490 e. The quantitative estimate of drug-likeness (QED) is 0.473. The van der Waals surface area contributed by atoms with Gasteiger partial charge >= 0.3 is 5.97 Å². The Kier molecular flexibility index (Phi) is 7.55. The molecule has 0 N–H and O–H groups in total. The minimum atomic E-state index is -3.65. The minimum absolute atomic E-state index is 0.00581. The van der Waals surface area contributed by atoms with Crippen LogP contribution in [0.15, 0.2) is 53.4 Å². The van der Waals surface area contributed by atoms with E-state index in [4.69, 9.17) is 14.7 Å². The second kappa shape index (κ2) is 9.88. The van der Waals surface area contributed by atoms with Crippen molar-refractivity contribution in [2.75, 3.05) is 26.3 Å². The minimum Gasteiger partial charge on any atom is -0.490 e. The highest BCUT2D eigenvalue weighted by Gasteiger charge is 2.22. The molecule has 0 amide bonds. The third kappa shape index (κ3) is 5.31. The average molecular weight is 402 g/mol. The van der Waals surface area contributed by atoms with Gasteiger partial charge in [-0.1, -0.05) is 19.9 Å². The van der Waals surface area contributed by atoms with Gasteiger partial charge in [-0.2, -0.15) is 9.57 Å². The van der Waals surface area contributed by atoms with Crippen LogP contribution in [0.1, 0.15) is 29.8 Å². The standard InChI is InChI=1S/C20H22N2O5S/c1-3-22(4-2)28(24,25)19-7-5-6-17(14-19)20(23)27-13-12-26-18-10-8-16(15-21)9-11-18/h5-11,14H,3-4,12-13H2,1-2H3. The van der Waals surface area contributed by atoms with Crippen LogP contribution in [0.25, 0.3) is 0 Å². The van der Waals surface area contributed by atoms with E-state index in [1.54, 1.807) is 38.1 Å². The third-order valence-corrected chi connectivity index (χ3v) is 6.03. The molecule has 8 heteroatoms. The zero-order chi connectivity index (χ0) is 20.6. The molecule has 0 atom stereocenters. The van der Waals surface area contributed by atoms with E-state index >= 15 is 0 Å². The van der Waals surface area contributed by atoms with E-state index in [1.807, 2.05) is 6.07 Å². The molecular weight excluding hydrogens is 380 g/mol. The molecule has 28 heavy (non-hydrogen) atoms. The van der Waals surface area contributed by atoms with Crippen LogP contribution >= 0.6 is 0 Å². The van der Waals surface area contributed by atoms with E-state index in [-0.39, 0.29) is 23.7 Å². The first kappa shape index (κ1) is 21.4. The molecule has 0 radical (unpaired) electrons. The molecule has 2 rings (SSSR count). The van der Waals surface area contributed by atoms with E-state index < -0.39 is 16.0 Å². The molecule has 7 nitrogen and oxygen atoms in total. The van der Waals surface area contributed by atoms with Crippen LogP contribution in [0.2, 0.25) is 0 Å². The first-order chi connectivity index (χ1) is 13.4. The Morgan fingerprint density at radius 2 is 1.75 bits per heavy atom. The predicted octanol–water partition coefficient (Wildman–Crippen LogP) is 2.82. The lowest BCUT2D eigenvalue weighted by molar-refractivity contribution is 0.0450. The van der Waals surface area contributed by atoms with Crippen molar-refractivity contribution in [2.24, 2.45) is 0 Å². The molecule has 0 fully saturated rings. The second-order valence-corrected chi connectivity index (χ2v) is 7.68. The Hall–Kier alpha value is -2.89. The summed E-state index contributed by atoms with van der Waals surface area (Å²) in [6, 6.07) is 14.4. The third-order valence-electron chi connectivity index (χ3n) is 3.98. The van der Waals surface area contributed by atoms with Crippen molar-refractivity contribution in [3.63, 3.8) is 0 Å². The van der Waals surface area contributed by atoms with Crippen molar-refractivity contribution in [2.45, 2.75) is 18.7 Å². The van der Waals surface area contributed by atoms with Crippen LogP contribution in [-0.2, 0) is 14.8 Å². The van der Waals surface area contributed by atoms with Crippen molar-refractivity contribution >= 4 is 16.0 Å². The summed E-state index contributed by atoms with van der Waals surface area (Å²) >= 11 is 0. The molecule has 148 valence electrons. The van der Waals surface area contributed by atoms with E-state index in [2.05, 4.69) is 0 Å². The van der Waals surface area contributed by atoms with Crippen LogP contribution in [-0.4, -0.2) is 45.0 Å². The maximum absolute atomic E-state index is 12.6. The monoisotopic (exact) mass is 402 g/mol. The Bertz CT molecular complexity index is 945. The SMILES string of the molecule is CCN(CC)S(=O)(=O)c1cccc(C(=O)OCCOc2ccc(C#N)cc2)c1. The number of sulfonamides is 1. The highest BCUT2D eigenvalue weighted by atomic mass is 32.2. The van der Waals surface area contributed by atoms with E-state index in [9.17, 15) is 13.2 Å². The maximum Gasteiger partial charge on any atom is 0.338 e. The van der Waals surface area contributed by atoms with E-state index in [0.717, 1.165) is 0 Å². The number of nitrogens with zero attached hydrogens (tertiary/aromatic N) is 2.